The zero-order chi connectivity index (χ0) is 31.4. The third kappa shape index (κ3) is 11.9. The van der Waals surface area contributed by atoms with Crippen LogP contribution in [-0.4, -0.2) is 53.7 Å². The molecular formula is C31H45N7O4S. The van der Waals surface area contributed by atoms with E-state index in [1.807, 2.05) is 51.2 Å². The molecule has 11 nitrogen and oxygen atoms in total. The lowest BCUT2D eigenvalue weighted by Gasteiger charge is -2.23. The average Bonchev–Trinajstić information content (AvgIpc) is 2.94. The Kier molecular flexibility index (Phi) is 12.8. The van der Waals surface area contributed by atoms with Gasteiger partial charge in [0.1, 0.15) is 5.75 Å². The average molecular weight is 612 g/mol. The molecule has 0 spiro atoms. The summed E-state index contributed by atoms with van der Waals surface area (Å²) in [6.07, 6.45) is 8.02. The van der Waals surface area contributed by atoms with Crippen molar-refractivity contribution in [3.8, 4) is 5.75 Å². The van der Waals surface area contributed by atoms with Crippen molar-refractivity contribution in [2.24, 2.45) is 0 Å². The molecule has 3 rings (SSSR count). The minimum Gasteiger partial charge on any atom is -0.491 e. The van der Waals surface area contributed by atoms with E-state index in [-0.39, 0.29) is 30.6 Å². The Morgan fingerprint density at radius 2 is 1.84 bits per heavy atom. The molecule has 234 valence electrons. The number of hydrogen-bond acceptors (Lipinski definition) is 9. The maximum atomic E-state index is 12.9. The third-order valence-corrected chi connectivity index (χ3v) is 7.27. The predicted octanol–water partition coefficient (Wildman–Crippen LogP) is 4.48. The SMILES string of the molecule is CCC[C@@H](C[C@@H](C)NC(=O)c1ccnc(CNS(C)(=O)=O)c1)NCc1nc(Nc2cccc(OC(C)C)c2)ncc1CC. The summed E-state index contributed by atoms with van der Waals surface area (Å²) in [5, 5.41) is 10.0. The van der Waals surface area contributed by atoms with Gasteiger partial charge in [0.15, 0.2) is 0 Å². The molecule has 3 aromatic rings. The van der Waals surface area contributed by atoms with Crippen LogP contribution in [0.1, 0.15) is 81.2 Å². The van der Waals surface area contributed by atoms with Crippen molar-refractivity contribution in [2.75, 3.05) is 11.6 Å². The molecule has 0 unspecified atom stereocenters. The molecular weight excluding hydrogens is 566 g/mol. The summed E-state index contributed by atoms with van der Waals surface area (Å²) in [6.45, 7) is 10.8. The van der Waals surface area contributed by atoms with E-state index >= 15 is 0 Å². The second-order valence-electron chi connectivity index (χ2n) is 10.9. The molecule has 2 atom stereocenters. The fourth-order valence-electron chi connectivity index (χ4n) is 4.61. The van der Waals surface area contributed by atoms with E-state index in [1.165, 1.54) is 6.20 Å². The summed E-state index contributed by atoms with van der Waals surface area (Å²) >= 11 is 0. The van der Waals surface area contributed by atoms with Crippen molar-refractivity contribution < 1.29 is 17.9 Å². The summed E-state index contributed by atoms with van der Waals surface area (Å²) in [5.41, 5.74) is 3.76. The monoisotopic (exact) mass is 611 g/mol. The van der Waals surface area contributed by atoms with Gasteiger partial charge in [0.05, 0.1) is 30.3 Å². The van der Waals surface area contributed by atoms with E-state index in [0.717, 1.165) is 54.6 Å². The number of carbonyl (C=O) groups excluding carboxylic acids is 1. The van der Waals surface area contributed by atoms with Crippen molar-refractivity contribution in [2.45, 2.75) is 91.6 Å². The van der Waals surface area contributed by atoms with Gasteiger partial charge in [0.2, 0.25) is 16.0 Å². The first-order valence-corrected chi connectivity index (χ1v) is 16.7. The van der Waals surface area contributed by atoms with Gasteiger partial charge in [-0.3, -0.25) is 9.78 Å². The van der Waals surface area contributed by atoms with Crippen LogP contribution in [0.5, 0.6) is 5.75 Å². The number of hydrogen-bond donors (Lipinski definition) is 4. The van der Waals surface area contributed by atoms with Crippen LogP contribution >= 0.6 is 0 Å². The lowest BCUT2D eigenvalue weighted by atomic mass is 10.0. The number of sulfonamides is 1. The van der Waals surface area contributed by atoms with Gasteiger partial charge < -0.3 is 20.7 Å². The van der Waals surface area contributed by atoms with Crippen molar-refractivity contribution in [3.05, 3.63) is 71.3 Å². The molecule has 1 aromatic carbocycles. The molecule has 12 heteroatoms. The van der Waals surface area contributed by atoms with E-state index in [1.54, 1.807) is 12.1 Å². The number of nitrogens with zero attached hydrogens (tertiary/aromatic N) is 3. The van der Waals surface area contributed by atoms with Gasteiger partial charge in [-0.25, -0.2) is 23.1 Å². The Balaban J connectivity index is 1.62. The maximum absolute atomic E-state index is 12.9. The lowest BCUT2D eigenvalue weighted by molar-refractivity contribution is 0.0935. The summed E-state index contributed by atoms with van der Waals surface area (Å²) in [5.74, 6) is 1.07. The van der Waals surface area contributed by atoms with E-state index in [4.69, 9.17) is 9.72 Å². The van der Waals surface area contributed by atoms with Crippen molar-refractivity contribution in [1.29, 1.82) is 0 Å². The first-order chi connectivity index (χ1) is 20.5. The Hall–Kier alpha value is -3.61. The maximum Gasteiger partial charge on any atom is 0.251 e. The smallest absolute Gasteiger partial charge is 0.251 e. The van der Waals surface area contributed by atoms with Gasteiger partial charge in [-0.05, 0) is 69.9 Å². The molecule has 0 saturated carbocycles. The fraction of sp³-hybridized carbons (Fsp3) is 0.484. The number of pyridine rings is 1. The number of nitrogens with one attached hydrogen (secondary N) is 4. The first-order valence-electron chi connectivity index (χ1n) is 14.8. The number of aryl methyl sites for hydroxylation is 1. The third-order valence-electron chi connectivity index (χ3n) is 6.60. The molecule has 0 aliphatic rings. The van der Waals surface area contributed by atoms with Crippen molar-refractivity contribution >= 4 is 27.6 Å². The lowest BCUT2D eigenvalue weighted by Crippen LogP contribution is -2.39. The number of rotatable bonds is 17. The standard InChI is InChI=1S/C31H45N7O4S/c1-7-10-25(15-22(5)36-30(39)24-13-14-32-27(16-24)19-35-43(6,40)41)33-20-29-23(8-2)18-34-31(38-29)37-26-11-9-12-28(17-26)42-21(3)4/h9,11-14,16-18,21-22,25,33,35H,7-8,10,15,19-20H2,1-6H3,(H,36,39)(H,34,37,38)/t22-,25+/m1/s1. The molecule has 0 saturated heterocycles. The van der Waals surface area contributed by atoms with Gasteiger partial charge >= 0.3 is 0 Å². The van der Waals surface area contributed by atoms with Crippen LogP contribution in [0, 0.1) is 0 Å². The molecule has 1 amide bonds. The molecule has 0 aliphatic heterocycles. The quantitative estimate of drug-likeness (QED) is 0.173. The molecule has 0 radical (unpaired) electrons. The highest BCUT2D eigenvalue weighted by atomic mass is 32.2. The second kappa shape index (κ2) is 16.3. The van der Waals surface area contributed by atoms with E-state index < -0.39 is 10.0 Å². The van der Waals surface area contributed by atoms with Gasteiger partial charge in [0.25, 0.3) is 5.91 Å². The number of aromatic nitrogens is 3. The van der Waals surface area contributed by atoms with Crippen LogP contribution in [0.25, 0.3) is 0 Å². The van der Waals surface area contributed by atoms with Crippen LogP contribution in [0.4, 0.5) is 11.6 Å². The zero-order valence-electron chi connectivity index (χ0n) is 26.0. The number of ether oxygens (including phenoxy) is 1. The molecule has 2 heterocycles. The molecule has 4 N–H and O–H groups in total. The molecule has 0 fully saturated rings. The Labute approximate surface area is 255 Å². The number of anilines is 2. The number of amides is 1. The molecule has 2 aromatic heterocycles. The van der Waals surface area contributed by atoms with Crippen LogP contribution in [0.15, 0.2) is 48.8 Å². The van der Waals surface area contributed by atoms with Gasteiger partial charge in [-0.15, -0.1) is 0 Å². The van der Waals surface area contributed by atoms with Crippen molar-refractivity contribution in [3.63, 3.8) is 0 Å². The van der Waals surface area contributed by atoms with Crippen LogP contribution in [0.2, 0.25) is 0 Å². The molecule has 43 heavy (non-hydrogen) atoms. The van der Waals surface area contributed by atoms with E-state index in [2.05, 4.69) is 44.5 Å². The van der Waals surface area contributed by atoms with Crippen molar-refractivity contribution in [1.82, 2.24) is 30.3 Å². The molecule has 0 bridgehead atoms. The highest BCUT2D eigenvalue weighted by molar-refractivity contribution is 7.88. The van der Waals surface area contributed by atoms with Gasteiger partial charge in [-0.2, -0.15) is 0 Å². The van der Waals surface area contributed by atoms with E-state index in [0.29, 0.717) is 23.8 Å². The Bertz CT molecular complexity index is 1450. The minimum absolute atomic E-state index is 0.0248. The fourth-order valence-corrected chi connectivity index (χ4v) is 5.02. The van der Waals surface area contributed by atoms with Crippen LogP contribution in [0.3, 0.4) is 0 Å². The summed E-state index contributed by atoms with van der Waals surface area (Å²) in [6, 6.07) is 11.0. The Morgan fingerprint density at radius 1 is 1.05 bits per heavy atom. The Morgan fingerprint density at radius 3 is 2.53 bits per heavy atom. The number of benzene rings is 1. The highest BCUT2D eigenvalue weighted by Crippen LogP contribution is 2.21. The predicted molar refractivity (Wildman–Crippen MR) is 170 cm³/mol. The normalized spacial score (nSPS) is 13.0. The molecule has 0 aliphatic carbocycles. The van der Waals surface area contributed by atoms with Gasteiger partial charge in [-0.1, -0.05) is 26.3 Å². The van der Waals surface area contributed by atoms with E-state index in [9.17, 15) is 13.2 Å². The summed E-state index contributed by atoms with van der Waals surface area (Å²) in [7, 11) is -3.36. The van der Waals surface area contributed by atoms with Crippen LogP contribution in [-0.2, 0) is 29.5 Å². The second-order valence-corrected chi connectivity index (χ2v) is 12.8. The summed E-state index contributed by atoms with van der Waals surface area (Å²) < 4.78 is 31.0. The highest BCUT2D eigenvalue weighted by Gasteiger charge is 2.17. The van der Waals surface area contributed by atoms with Crippen LogP contribution < -0.4 is 25.4 Å². The summed E-state index contributed by atoms with van der Waals surface area (Å²) in [4.78, 5) is 26.4. The largest absolute Gasteiger partial charge is 0.491 e. The minimum atomic E-state index is -3.36. The first kappa shape index (κ1) is 33.9. The zero-order valence-corrected chi connectivity index (χ0v) is 26.8. The number of carbonyl (C=O) groups is 1. The van der Waals surface area contributed by atoms with Gasteiger partial charge in [0, 0.05) is 48.3 Å². The topological polar surface area (TPSA) is 147 Å².